The summed E-state index contributed by atoms with van der Waals surface area (Å²) in [6.07, 6.45) is 8.14. The number of hydrogen-bond donors (Lipinski definition) is 2. The summed E-state index contributed by atoms with van der Waals surface area (Å²) in [5.41, 5.74) is 1.98. The fourth-order valence-corrected chi connectivity index (χ4v) is 3.55. The average Bonchev–Trinajstić information content (AvgIpc) is 3.18. The van der Waals surface area contributed by atoms with Crippen LogP contribution in [0.4, 0.5) is 21.8 Å². The summed E-state index contributed by atoms with van der Waals surface area (Å²) >= 11 is 3.27. The quantitative estimate of drug-likeness (QED) is 0.559. The molecular formula is C20H19BrFN5. The lowest BCUT2D eigenvalue weighted by molar-refractivity contribution is 0.631. The van der Waals surface area contributed by atoms with Crippen LogP contribution < -0.4 is 10.6 Å². The fourth-order valence-electron chi connectivity index (χ4n) is 3.22. The van der Waals surface area contributed by atoms with Crippen molar-refractivity contribution in [2.24, 2.45) is 0 Å². The zero-order chi connectivity index (χ0) is 18.6. The Hall–Kier alpha value is -2.54. The minimum atomic E-state index is -0.351. The minimum Gasteiger partial charge on any atom is -0.351 e. The molecule has 5 nitrogen and oxygen atoms in total. The molecule has 1 saturated carbocycles. The molecule has 2 N–H and O–H groups in total. The number of benzene rings is 1. The zero-order valence-electron chi connectivity index (χ0n) is 14.6. The van der Waals surface area contributed by atoms with E-state index in [1.165, 1.54) is 18.9 Å². The summed E-state index contributed by atoms with van der Waals surface area (Å²) < 4.78 is 14.9. The third-order valence-corrected chi connectivity index (χ3v) is 5.06. The molecule has 7 heteroatoms. The van der Waals surface area contributed by atoms with Gasteiger partial charge in [-0.05, 0) is 43.2 Å². The highest BCUT2D eigenvalue weighted by Gasteiger charge is 2.17. The molecule has 1 fully saturated rings. The van der Waals surface area contributed by atoms with Crippen molar-refractivity contribution >= 4 is 33.4 Å². The van der Waals surface area contributed by atoms with E-state index in [1.807, 2.05) is 12.1 Å². The van der Waals surface area contributed by atoms with Gasteiger partial charge in [0.2, 0.25) is 5.95 Å². The average molecular weight is 428 g/mol. The van der Waals surface area contributed by atoms with Crippen molar-refractivity contribution in [2.45, 2.75) is 31.7 Å². The zero-order valence-corrected chi connectivity index (χ0v) is 16.2. The summed E-state index contributed by atoms with van der Waals surface area (Å²) in [4.78, 5) is 13.4. The van der Waals surface area contributed by atoms with E-state index < -0.39 is 0 Å². The third-order valence-electron chi connectivity index (χ3n) is 4.57. The molecule has 0 saturated heterocycles. The lowest BCUT2D eigenvalue weighted by Crippen LogP contribution is -2.17. The maximum atomic E-state index is 14.2. The number of anilines is 3. The van der Waals surface area contributed by atoms with Crippen LogP contribution >= 0.6 is 15.9 Å². The number of hydrogen-bond acceptors (Lipinski definition) is 5. The van der Waals surface area contributed by atoms with Crippen molar-refractivity contribution in [2.75, 3.05) is 10.6 Å². The van der Waals surface area contributed by atoms with E-state index in [-0.39, 0.29) is 5.82 Å². The van der Waals surface area contributed by atoms with E-state index in [1.54, 1.807) is 30.6 Å². The maximum absolute atomic E-state index is 14.2. The Kier molecular flexibility index (Phi) is 5.29. The van der Waals surface area contributed by atoms with Crippen molar-refractivity contribution in [3.05, 3.63) is 59.1 Å². The Morgan fingerprint density at radius 1 is 1.07 bits per heavy atom. The largest absolute Gasteiger partial charge is 0.351 e. The van der Waals surface area contributed by atoms with Gasteiger partial charge in [0.15, 0.2) is 0 Å². The number of aromatic nitrogens is 3. The van der Waals surface area contributed by atoms with Crippen molar-refractivity contribution in [1.29, 1.82) is 0 Å². The Morgan fingerprint density at radius 3 is 2.67 bits per heavy atom. The number of pyridine rings is 1. The lowest BCUT2D eigenvalue weighted by Gasteiger charge is -2.15. The molecule has 1 aliphatic carbocycles. The third kappa shape index (κ3) is 4.42. The predicted octanol–water partition coefficient (Wildman–Crippen LogP) is 5.54. The van der Waals surface area contributed by atoms with Crippen LogP contribution in [0.3, 0.4) is 0 Å². The van der Waals surface area contributed by atoms with Crippen LogP contribution in [0.1, 0.15) is 25.7 Å². The van der Waals surface area contributed by atoms with Crippen LogP contribution in [-0.2, 0) is 0 Å². The molecule has 1 aliphatic rings. The molecule has 0 aliphatic heterocycles. The van der Waals surface area contributed by atoms with E-state index in [9.17, 15) is 4.39 Å². The molecular weight excluding hydrogens is 409 g/mol. The molecule has 0 spiro atoms. The lowest BCUT2D eigenvalue weighted by atomic mass is 10.2. The van der Waals surface area contributed by atoms with Gasteiger partial charge in [-0.1, -0.05) is 28.8 Å². The van der Waals surface area contributed by atoms with Gasteiger partial charge in [0.05, 0.1) is 11.4 Å². The molecule has 0 bridgehead atoms. The van der Waals surface area contributed by atoms with Crippen molar-refractivity contribution in [3.8, 4) is 11.3 Å². The van der Waals surface area contributed by atoms with Crippen LogP contribution in [0.15, 0.2) is 53.3 Å². The predicted molar refractivity (Wildman–Crippen MR) is 109 cm³/mol. The molecule has 1 aromatic carbocycles. The summed E-state index contributed by atoms with van der Waals surface area (Å²) in [6, 6.07) is 10.9. The molecule has 0 amide bonds. The smallest absolute Gasteiger partial charge is 0.225 e. The molecule has 138 valence electrons. The molecule has 0 radical (unpaired) electrons. The van der Waals surface area contributed by atoms with Gasteiger partial charge in [-0.25, -0.2) is 9.37 Å². The molecule has 3 aromatic rings. The molecule has 4 rings (SSSR count). The van der Waals surface area contributed by atoms with Crippen LogP contribution in [-0.4, -0.2) is 21.0 Å². The van der Waals surface area contributed by atoms with E-state index in [0.29, 0.717) is 28.0 Å². The Balaban J connectivity index is 1.68. The molecule has 2 heterocycles. The first-order valence-corrected chi connectivity index (χ1v) is 9.75. The monoisotopic (exact) mass is 427 g/mol. The highest BCUT2D eigenvalue weighted by molar-refractivity contribution is 9.10. The summed E-state index contributed by atoms with van der Waals surface area (Å²) in [6.45, 7) is 0. The Labute approximate surface area is 165 Å². The van der Waals surface area contributed by atoms with Crippen LogP contribution in [0.5, 0.6) is 0 Å². The van der Waals surface area contributed by atoms with Gasteiger partial charge in [-0.3, -0.25) is 4.98 Å². The van der Waals surface area contributed by atoms with E-state index in [2.05, 4.69) is 41.5 Å². The molecule has 27 heavy (non-hydrogen) atoms. The summed E-state index contributed by atoms with van der Waals surface area (Å²) in [5, 5.41) is 6.48. The van der Waals surface area contributed by atoms with Crippen LogP contribution in [0.25, 0.3) is 11.3 Å². The van der Waals surface area contributed by atoms with Crippen LogP contribution in [0.2, 0.25) is 0 Å². The van der Waals surface area contributed by atoms with Gasteiger partial charge in [0.25, 0.3) is 0 Å². The van der Waals surface area contributed by atoms with Gasteiger partial charge in [0.1, 0.15) is 11.6 Å². The number of rotatable bonds is 5. The normalized spacial score (nSPS) is 14.3. The Morgan fingerprint density at radius 2 is 1.93 bits per heavy atom. The first kappa shape index (κ1) is 17.9. The number of halogens is 2. The second-order valence-electron chi connectivity index (χ2n) is 6.58. The first-order valence-electron chi connectivity index (χ1n) is 8.95. The van der Waals surface area contributed by atoms with Gasteiger partial charge in [-0.2, -0.15) is 4.98 Å². The molecule has 0 atom stereocenters. The maximum Gasteiger partial charge on any atom is 0.225 e. The number of nitrogens with zero attached hydrogens (tertiary/aromatic N) is 3. The second-order valence-corrected chi connectivity index (χ2v) is 7.49. The topological polar surface area (TPSA) is 62.7 Å². The van der Waals surface area contributed by atoms with Crippen molar-refractivity contribution in [3.63, 3.8) is 0 Å². The van der Waals surface area contributed by atoms with Crippen LogP contribution in [0, 0.1) is 5.82 Å². The SMILES string of the molecule is Fc1cc(Br)ccc1Nc1cc(-c2cccnc2)nc(NC2CCCC2)n1. The van der Waals surface area contributed by atoms with Gasteiger partial charge < -0.3 is 10.6 Å². The van der Waals surface area contributed by atoms with Gasteiger partial charge in [0, 0.05) is 34.5 Å². The highest BCUT2D eigenvalue weighted by Crippen LogP contribution is 2.27. The summed E-state index contributed by atoms with van der Waals surface area (Å²) in [7, 11) is 0. The van der Waals surface area contributed by atoms with Gasteiger partial charge in [-0.15, -0.1) is 0 Å². The van der Waals surface area contributed by atoms with E-state index in [4.69, 9.17) is 0 Å². The number of nitrogens with one attached hydrogen (secondary N) is 2. The molecule has 2 aromatic heterocycles. The Bertz CT molecular complexity index is 929. The first-order chi connectivity index (χ1) is 13.2. The fraction of sp³-hybridized carbons (Fsp3) is 0.250. The van der Waals surface area contributed by atoms with Crippen molar-refractivity contribution in [1.82, 2.24) is 15.0 Å². The minimum absolute atomic E-state index is 0.351. The highest BCUT2D eigenvalue weighted by atomic mass is 79.9. The van der Waals surface area contributed by atoms with Crippen molar-refractivity contribution < 1.29 is 4.39 Å². The van der Waals surface area contributed by atoms with E-state index in [0.717, 1.165) is 24.1 Å². The van der Waals surface area contributed by atoms with E-state index >= 15 is 0 Å². The second kappa shape index (κ2) is 8.00. The standard InChI is InChI=1S/C20H19BrFN5/c21-14-7-8-17(16(22)10-14)25-19-11-18(13-4-3-9-23-12-13)26-20(27-19)24-15-5-1-2-6-15/h3-4,7-12,15H,1-2,5-6H2,(H2,24,25,26,27). The molecule has 0 unspecified atom stereocenters. The summed E-state index contributed by atoms with van der Waals surface area (Å²) in [5.74, 6) is 0.727. The van der Waals surface area contributed by atoms with Gasteiger partial charge >= 0.3 is 0 Å².